The summed E-state index contributed by atoms with van der Waals surface area (Å²) >= 11 is 3.38. The van der Waals surface area contributed by atoms with Crippen LogP contribution < -0.4 is 15.4 Å². The number of nitrogens with one attached hydrogen (secondary N) is 2. The predicted molar refractivity (Wildman–Crippen MR) is 121 cm³/mol. The molecule has 0 aliphatic rings. The normalized spacial score (nSPS) is 11.1. The van der Waals surface area contributed by atoms with E-state index >= 15 is 0 Å². The van der Waals surface area contributed by atoms with E-state index in [4.69, 9.17) is 4.74 Å². The number of nitrogens with zero attached hydrogens (tertiary/aromatic N) is 1. The van der Waals surface area contributed by atoms with E-state index in [1.807, 2.05) is 55.5 Å². The molecular weight excluding hydrogens is 430 g/mol. The molecule has 0 atom stereocenters. The summed E-state index contributed by atoms with van der Waals surface area (Å²) in [4.78, 5) is 16.9. The molecule has 2 aromatic carbocycles. The fourth-order valence-electron chi connectivity index (χ4n) is 2.79. The molecule has 150 valence electrons. The summed E-state index contributed by atoms with van der Waals surface area (Å²) in [5.41, 5.74) is 3.26. The summed E-state index contributed by atoms with van der Waals surface area (Å²) < 4.78 is 6.75. The minimum Gasteiger partial charge on any atom is -0.437 e. The van der Waals surface area contributed by atoms with Crippen LogP contribution in [-0.4, -0.2) is 11.0 Å². The van der Waals surface area contributed by atoms with Crippen molar-refractivity contribution < 1.29 is 9.53 Å². The Morgan fingerprint density at radius 3 is 2.34 bits per heavy atom. The maximum atomic E-state index is 12.5. The average Bonchev–Trinajstić information content (AvgIpc) is 2.65. The zero-order valence-corrected chi connectivity index (χ0v) is 18.5. The first-order chi connectivity index (χ1) is 13.7. The lowest BCUT2D eigenvalue weighted by Crippen LogP contribution is -2.20. The van der Waals surface area contributed by atoms with Crippen LogP contribution in [0.5, 0.6) is 11.6 Å². The van der Waals surface area contributed by atoms with Crippen LogP contribution in [0.25, 0.3) is 0 Å². The molecule has 29 heavy (non-hydrogen) atoms. The Labute approximate surface area is 179 Å². The minimum absolute atomic E-state index is 0.0982. The first-order valence-corrected chi connectivity index (χ1v) is 10.1. The fourth-order valence-corrected chi connectivity index (χ4v) is 3.08. The molecule has 5 nitrogen and oxygen atoms in total. The minimum atomic E-state index is -0.369. The van der Waals surface area contributed by atoms with E-state index in [1.165, 1.54) is 0 Å². The topological polar surface area (TPSA) is 63.2 Å². The number of rotatable bonds is 4. The second kappa shape index (κ2) is 8.66. The Balaban J connectivity index is 1.83. The number of hydrogen-bond acceptors (Lipinski definition) is 3. The van der Waals surface area contributed by atoms with E-state index in [2.05, 4.69) is 52.3 Å². The molecule has 0 bridgehead atoms. The molecule has 3 rings (SSSR count). The molecule has 0 aliphatic carbocycles. The highest BCUT2D eigenvalue weighted by Gasteiger charge is 2.20. The van der Waals surface area contributed by atoms with Crippen LogP contribution in [0.15, 0.2) is 65.3 Å². The predicted octanol–water partition coefficient (Wildman–Crippen LogP) is 6.89. The number of anilines is 2. The van der Waals surface area contributed by atoms with Crippen LogP contribution in [0.1, 0.15) is 31.9 Å². The van der Waals surface area contributed by atoms with Crippen molar-refractivity contribution in [2.75, 3.05) is 10.6 Å². The fraction of sp³-hybridized carbons (Fsp3) is 0.217. The second-order valence-corrected chi connectivity index (χ2v) is 8.59. The van der Waals surface area contributed by atoms with E-state index in [-0.39, 0.29) is 11.4 Å². The van der Waals surface area contributed by atoms with Crippen molar-refractivity contribution in [2.24, 2.45) is 0 Å². The molecule has 0 saturated heterocycles. The van der Waals surface area contributed by atoms with E-state index in [9.17, 15) is 4.79 Å². The molecule has 2 N–H and O–H groups in total. The summed E-state index contributed by atoms with van der Waals surface area (Å²) in [6.45, 7) is 8.36. The van der Waals surface area contributed by atoms with Gasteiger partial charge in [-0.25, -0.2) is 9.78 Å². The Bertz CT molecular complexity index is 1010. The molecule has 0 unspecified atom stereocenters. The van der Waals surface area contributed by atoms with Gasteiger partial charge in [0.05, 0.1) is 0 Å². The molecule has 0 fully saturated rings. The van der Waals surface area contributed by atoms with Gasteiger partial charge in [0.25, 0.3) is 0 Å². The summed E-state index contributed by atoms with van der Waals surface area (Å²) in [6, 6.07) is 18.6. The molecule has 0 aliphatic heterocycles. The second-order valence-electron chi connectivity index (χ2n) is 7.78. The molecule has 0 radical (unpaired) electrons. The summed E-state index contributed by atoms with van der Waals surface area (Å²) in [7, 11) is 0. The summed E-state index contributed by atoms with van der Waals surface area (Å²) in [5.74, 6) is 1.02. The van der Waals surface area contributed by atoms with E-state index in [0.717, 1.165) is 11.1 Å². The number of aromatic nitrogens is 1. The van der Waals surface area contributed by atoms with Crippen molar-refractivity contribution in [2.45, 2.75) is 33.1 Å². The highest BCUT2D eigenvalue weighted by molar-refractivity contribution is 9.10. The molecular formula is C23H24BrN3O2. The number of pyridine rings is 1. The number of benzene rings is 2. The van der Waals surface area contributed by atoms with Crippen LogP contribution >= 0.6 is 15.9 Å². The van der Waals surface area contributed by atoms with Gasteiger partial charge in [-0.05, 0) is 58.6 Å². The highest BCUT2D eigenvalue weighted by atomic mass is 79.9. The number of halogens is 1. The lowest BCUT2D eigenvalue weighted by molar-refractivity contribution is 0.262. The highest BCUT2D eigenvalue weighted by Crippen LogP contribution is 2.36. The van der Waals surface area contributed by atoms with Gasteiger partial charge in [0.1, 0.15) is 16.0 Å². The molecule has 1 aromatic heterocycles. The third-order valence-corrected chi connectivity index (χ3v) is 4.73. The van der Waals surface area contributed by atoms with E-state index in [1.54, 1.807) is 12.1 Å². The Morgan fingerprint density at radius 1 is 0.966 bits per heavy atom. The van der Waals surface area contributed by atoms with Gasteiger partial charge in [0.2, 0.25) is 5.88 Å². The SMILES string of the molecule is Cc1ccc(NC(=O)Nc2ccc(Br)nc2Oc2ccccc2C(C)(C)C)cc1. The number of hydrogen-bond donors (Lipinski definition) is 2. The first-order valence-electron chi connectivity index (χ1n) is 9.31. The number of carbonyl (C=O) groups is 1. The van der Waals surface area contributed by atoms with Crippen molar-refractivity contribution in [3.05, 3.63) is 76.4 Å². The van der Waals surface area contributed by atoms with Crippen molar-refractivity contribution in [3.63, 3.8) is 0 Å². The molecule has 2 amide bonds. The van der Waals surface area contributed by atoms with Gasteiger partial charge < -0.3 is 15.4 Å². The monoisotopic (exact) mass is 453 g/mol. The molecule has 0 spiro atoms. The van der Waals surface area contributed by atoms with Crippen LogP contribution in [0.3, 0.4) is 0 Å². The van der Waals surface area contributed by atoms with Crippen molar-refractivity contribution in [3.8, 4) is 11.6 Å². The van der Waals surface area contributed by atoms with Gasteiger partial charge in [-0.15, -0.1) is 0 Å². The summed E-state index contributed by atoms with van der Waals surface area (Å²) in [5, 5.41) is 5.63. The number of ether oxygens (including phenoxy) is 1. The van der Waals surface area contributed by atoms with Crippen LogP contribution in [0.2, 0.25) is 0 Å². The Hall–Kier alpha value is -2.86. The zero-order valence-electron chi connectivity index (χ0n) is 16.9. The van der Waals surface area contributed by atoms with Crippen LogP contribution in [0.4, 0.5) is 16.2 Å². The smallest absolute Gasteiger partial charge is 0.323 e. The van der Waals surface area contributed by atoms with Gasteiger partial charge in [0.15, 0.2) is 0 Å². The molecule has 0 saturated carbocycles. The Morgan fingerprint density at radius 2 is 1.66 bits per heavy atom. The lowest BCUT2D eigenvalue weighted by Gasteiger charge is -2.22. The van der Waals surface area contributed by atoms with Gasteiger partial charge in [-0.2, -0.15) is 0 Å². The van der Waals surface area contributed by atoms with Gasteiger partial charge >= 0.3 is 6.03 Å². The van der Waals surface area contributed by atoms with Gasteiger partial charge in [0, 0.05) is 11.3 Å². The third kappa shape index (κ3) is 5.57. The third-order valence-electron chi connectivity index (χ3n) is 4.29. The van der Waals surface area contributed by atoms with Crippen molar-refractivity contribution >= 4 is 33.3 Å². The molecule has 6 heteroatoms. The number of aryl methyl sites for hydroxylation is 1. The summed E-state index contributed by atoms with van der Waals surface area (Å²) in [6.07, 6.45) is 0. The number of para-hydroxylation sites is 1. The zero-order chi connectivity index (χ0) is 21.0. The van der Waals surface area contributed by atoms with Crippen LogP contribution in [0, 0.1) is 6.92 Å². The largest absolute Gasteiger partial charge is 0.437 e. The number of urea groups is 1. The number of amides is 2. The Kier molecular flexibility index (Phi) is 6.23. The maximum Gasteiger partial charge on any atom is 0.323 e. The van der Waals surface area contributed by atoms with Gasteiger partial charge in [-0.1, -0.05) is 56.7 Å². The van der Waals surface area contributed by atoms with Gasteiger partial charge in [-0.3, -0.25) is 0 Å². The lowest BCUT2D eigenvalue weighted by atomic mass is 9.86. The van der Waals surface area contributed by atoms with Crippen molar-refractivity contribution in [1.82, 2.24) is 4.98 Å². The maximum absolute atomic E-state index is 12.5. The number of carbonyl (C=O) groups excluding carboxylic acids is 1. The molecule has 3 aromatic rings. The standard InChI is InChI=1S/C23H24BrN3O2/c1-15-9-11-16(12-10-15)25-22(28)26-18-13-14-20(24)27-21(18)29-19-8-6-5-7-17(19)23(2,3)4/h5-14H,1-4H3,(H2,25,26,28). The first kappa shape index (κ1) is 20.9. The van der Waals surface area contributed by atoms with Crippen LogP contribution in [-0.2, 0) is 5.41 Å². The molecule has 1 heterocycles. The quantitative estimate of drug-likeness (QED) is 0.422. The van der Waals surface area contributed by atoms with E-state index in [0.29, 0.717) is 27.6 Å². The van der Waals surface area contributed by atoms with Crippen molar-refractivity contribution in [1.29, 1.82) is 0 Å². The average molecular weight is 454 g/mol. The van der Waals surface area contributed by atoms with E-state index < -0.39 is 0 Å².